The van der Waals surface area contributed by atoms with E-state index in [9.17, 15) is 4.39 Å². The Balaban J connectivity index is 1.70. The smallest absolute Gasteiger partial charge is 0.231 e. The summed E-state index contributed by atoms with van der Waals surface area (Å²) in [5.41, 5.74) is 1.99. The van der Waals surface area contributed by atoms with Gasteiger partial charge in [-0.25, -0.2) is 4.39 Å². The molecule has 2 aromatic carbocycles. The lowest BCUT2D eigenvalue weighted by molar-refractivity contribution is 0.174. The summed E-state index contributed by atoms with van der Waals surface area (Å²) < 4.78 is 24.9. The zero-order valence-electron chi connectivity index (χ0n) is 11.5. The van der Waals surface area contributed by atoms with E-state index >= 15 is 0 Å². The Labute approximate surface area is 131 Å². The van der Waals surface area contributed by atoms with Gasteiger partial charge in [0.2, 0.25) is 6.79 Å². The molecule has 0 aromatic heterocycles. The van der Waals surface area contributed by atoms with Crippen LogP contribution in [0.1, 0.15) is 24.1 Å². The molecule has 1 N–H and O–H groups in total. The maximum absolute atomic E-state index is 13.2. The summed E-state index contributed by atoms with van der Waals surface area (Å²) in [6.45, 7) is 2.92. The van der Waals surface area contributed by atoms with Crippen LogP contribution in [-0.4, -0.2) is 6.79 Å². The second kappa shape index (κ2) is 6.03. The molecule has 21 heavy (non-hydrogen) atoms. The molecule has 3 rings (SSSR count). The second-order valence-electron chi connectivity index (χ2n) is 4.95. The summed E-state index contributed by atoms with van der Waals surface area (Å²) in [5.74, 6) is 1.29. The molecule has 0 aliphatic carbocycles. The number of hydrogen-bond acceptors (Lipinski definition) is 3. The normalized spacial score (nSPS) is 14.2. The summed E-state index contributed by atoms with van der Waals surface area (Å²) in [6.07, 6.45) is 0. The van der Waals surface area contributed by atoms with Crippen molar-refractivity contribution in [3.8, 4) is 11.5 Å². The summed E-state index contributed by atoms with van der Waals surface area (Å²) in [7, 11) is 0. The van der Waals surface area contributed by atoms with Crippen LogP contribution in [0.5, 0.6) is 11.5 Å². The van der Waals surface area contributed by atoms with E-state index in [1.807, 2.05) is 25.1 Å². The van der Waals surface area contributed by atoms with E-state index in [1.54, 1.807) is 12.1 Å². The highest BCUT2D eigenvalue weighted by atomic mass is 79.9. The standard InChI is InChI=1S/C16H15BrFNO2/c1-10(11-3-2-4-13(18)5-11)19-8-12-6-15-16(7-14(12)17)21-9-20-15/h2-7,10,19H,8-9H2,1H3. The van der Waals surface area contributed by atoms with Crippen molar-refractivity contribution in [2.75, 3.05) is 6.79 Å². The minimum atomic E-state index is -0.217. The number of rotatable bonds is 4. The fourth-order valence-electron chi connectivity index (χ4n) is 2.25. The van der Waals surface area contributed by atoms with E-state index in [0.717, 1.165) is 27.1 Å². The highest BCUT2D eigenvalue weighted by Crippen LogP contribution is 2.37. The molecule has 0 radical (unpaired) electrons. The van der Waals surface area contributed by atoms with Crippen molar-refractivity contribution in [2.45, 2.75) is 19.5 Å². The predicted octanol–water partition coefficient (Wildman–Crippen LogP) is 4.17. The molecular formula is C16H15BrFNO2. The van der Waals surface area contributed by atoms with Crippen molar-refractivity contribution in [2.24, 2.45) is 0 Å². The topological polar surface area (TPSA) is 30.5 Å². The van der Waals surface area contributed by atoms with Crippen LogP contribution < -0.4 is 14.8 Å². The first-order valence-electron chi connectivity index (χ1n) is 6.70. The van der Waals surface area contributed by atoms with Gasteiger partial charge in [-0.15, -0.1) is 0 Å². The van der Waals surface area contributed by atoms with Gasteiger partial charge in [0.15, 0.2) is 11.5 Å². The van der Waals surface area contributed by atoms with Crippen LogP contribution in [0.3, 0.4) is 0 Å². The fourth-order valence-corrected chi connectivity index (χ4v) is 2.71. The second-order valence-corrected chi connectivity index (χ2v) is 5.81. The fraction of sp³-hybridized carbons (Fsp3) is 0.250. The predicted molar refractivity (Wildman–Crippen MR) is 81.9 cm³/mol. The third-order valence-corrected chi connectivity index (χ3v) is 4.23. The van der Waals surface area contributed by atoms with Crippen LogP contribution in [0.15, 0.2) is 40.9 Å². The highest BCUT2D eigenvalue weighted by Gasteiger charge is 2.16. The Hall–Kier alpha value is -1.59. The maximum atomic E-state index is 13.2. The number of benzene rings is 2. The van der Waals surface area contributed by atoms with Gasteiger partial charge in [0, 0.05) is 17.1 Å². The summed E-state index contributed by atoms with van der Waals surface area (Å²) in [6, 6.07) is 10.5. The van der Waals surface area contributed by atoms with Crippen molar-refractivity contribution >= 4 is 15.9 Å². The lowest BCUT2D eigenvalue weighted by atomic mass is 10.1. The van der Waals surface area contributed by atoms with Gasteiger partial charge in [-0.05, 0) is 42.3 Å². The van der Waals surface area contributed by atoms with Crippen molar-refractivity contribution in [1.82, 2.24) is 5.32 Å². The average Bonchev–Trinajstić information content (AvgIpc) is 2.91. The number of fused-ring (bicyclic) bond motifs is 1. The zero-order chi connectivity index (χ0) is 14.8. The number of nitrogens with one attached hydrogen (secondary N) is 1. The Bertz CT molecular complexity index is 663. The molecule has 0 spiro atoms. The lowest BCUT2D eigenvalue weighted by Gasteiger charge is -2.15. The number of halogens is 2. The van der Waals surface area contributed by atoms with E-state index in [-0.39, 0.29) is 18.7 Å². The molecule has 0 saturated carbocycles. The van der Waals surface area contributed by atoms with Crippen LogP contribution in [-0.2, 0) is 6.54 Å². The van der Waals surface area contributed by atoms with Crippen molar-refractivity contribution in [3.63, 3.8) is 0 Å². The molecule has 0 amide bonds. The van der Waals surface area contributed by atoms with Gasteiger partial charge in [0.05, 0.1) is 0 Å². The Morgan fingerprint density at radius 1 is 1.24 bits per heavy atom. The highest BCUT2D eigenvalue weighted by molar-refractivity contribution is 9.10. The molecule has 1 heterocycles. The van der Waals surface area contributed by atoms with Gasteiger partial charge >= 0.3 is 0 Å². The van der Waals surface area contributed by atoms with Crippen LogP contribution in [0, 0.1) is 5.82 Å². The number of hydrogen-bond donors (Lipinski definition) is 1. The molecule has 1 atom stereocenters. The first-order chi connectivity index (χ1) is 10.1. The summed E-state index contributed by atoms with van der Waals surface area (Å²) in [4.78, 5) is 0. The van der Waals surface area contributed by atoms with Crippen LogP contribution in [0.25, 0.3) is 0 Å². The van der Waals surface area contributed by atoms with Crippen molar-refractivity contribution < 1.29 is 13.9 Å². The summed E-state index contributed by atoms with van der Waals surface area (Å²) in [5, 5.41) is 3.38. The maximum Gasteiger partial charge on any atom is 0.231 e. The van der Waals surface area contributed by atoms with Gasteiger partial charge < -0.3 is 14.8 Å². The third-order valence-electron chi connectivity index (χ3n) is 3.49. The molecule has 1 unspecified atom stereocenters. The largest absolute Gasteiger partial charge is 0.454 e. The van der Waals surface area contributed by atoms with Crippen molar-refractivity contribution in [1.29, 1.82) is 0 Å². The molecule has 0 bridgehead atoms. The first-order valence-corrected chi connectivity index (χ1v) is 7.49. The molecular weight excluding hydrogens is 337 g/mol. The zero-order valence-corrected chi connectivity index (χ0v) is 13.1. The van der Waals surface area contributed by atoms with Gasteiger partial charge in [-0.2, -0.15) is 0 Å². The van der Waals surface area contributed by atoms with E-state index < -0.39 is 0 Å². The minimum absolute atomic E-state index is 0.0537. The minimum Gasteiger partial charge on any atom is -0.454 e. The lowest BCUT2D eigenvalue weighted by Crippen LogP contribution is -2.18. The summed E-state index contributed by atoms with van der Waals surface area (Å²) >= 11 is 3.53. The number of ether oxygens (including phenoxy) is 2. The van der Waals surface area contributed by atoms with Gasteiger partial charge in [-0.1, -0.05) is 28.1 Å². The van der Waals surface area contributed by atoms with E-state index in [0.29, 0.717) is 6.54 Å². The monoisotopic (exact) mass is 351 g/mol. The molecule has 3 nitrogen and oxygen atoms in total. The quantitative estimate of drug-likeness (QED) is 0.896. The molecule has 110 valence electrons. The Kier molecular flexibility index (Phi) is 4.12. The molecule has 0 saturated heterocycles. The SMILES string of the molecule is CC(NCc1cc2c(cc1Br)OCO2)c1cccc(F)c1. The van der Waals surface area contributed by atoms with Gasteiger partial charge in [0.1, 0.15) is 5.82 Å². The van der Waals surface area contributed by atoms with Crippen LogP contribution >= 0.6 is 15.9 Å². The van der Waals surface area contributed by atoms with Crippen LogP contribution in [0.2, 0.25) is 0 Å². The Morgan fingerprint density at radius 3 is 2.76 bits per heavy atom. The molecule has 0 fully saturated rings. The molecule has 5 heteroatoms. The first kappa shape index (κ1) is 14.4. The van der Waals surface area contributed by atoms with E-state index in [4.69, 9.17) is 9.47 Å². The molecule has 1 aliphatic rings. The van der Waals surface area contributed by atoms with E-state index in [2.05, 4.69) is 21.2 Å². The molecule has 1 aliphatic heterocycles. The average molecular weight is 352 g/mol. The Morgan fingerprint density at radius 2 is 2.00 bits per heavy atom. The van der Waals surface area contributed by atoms with Gasteiger partial charge in [0.25, 0.3) is 0 Å². The van der Waals surface area contributed by atoms with Gasteiger partial charge in [-0.3, -0.25) is 0 Å². The third kappa shape index (κ3) is 3.19. The van der Waals surface area contributed by atoms with Crippen LogP contribution in [0.4, 0.5) is 4.39 Å². The molecule has 2 aromatic rings. The van der Waals surface area contributed by atoms with E-state index in [1.165, 1.54) is 6.07 Å². The van der Waals surface area contributed by atoms with Crippen molar-refractivity contribution in [3.05, 3.63) is 57.8 Å².